The molecule has 1 N–H and O–H groups in total. The molecule has 28 heavy (non-hydrogen) atoms. The molecule has 0 spiro atoms. The zero-order valence-corrected chi connectivity index (χ0v) is 17.5. The van der Waals surface area contributed by atoms with E-state index in [1.807, 2.05) is 0 Å². The summed E-state index contributed by atoms with van der Waals surface area (Å²) in [5.41, 5.74) is 3.73. The van der Waals surface area contributed by atoms with Gasteiger partial charge < -0.3 is 9.47 Å². The van der Waals surface area contributed by atoms with E-state index in [0.29, 0.717) is 11.5 Å². The zero-order chi connectivity index (χ0) is 20.6. The van der Waals surface area contributed by atoms with Gasteiger partial charge in [-0.3, -0.25) is 9.10 Å². The molecule has 1 saturated carbocycles. The van der Waals surface area contributed by atoms with E-state index in [1.54, 1.807) is 18.2 Å². The predicted octanol–water partition coefficient (Wildman–Crippen LogP) is 2.69. The number of anilines is 1. The number of hydrogen-bond acceptors (Lipinski definition) is 6. The number of methoxy groups -OCH3 is 2. The Labute approximate surface area is 166 Å². The number of benzene rings is 1. The summed E-state index contributed by atoms with van der Waals surface area (Å²) < 4.78 is 36.0. The topological polar surface area (TPSA) is 97.3 Å². The first kappa shape index (κ1) is 22.0. The van der Waals surface area contributed by atoms with Crippen molar-refractivity contribution in [3.63, 3.8) is 0 Å². The Bertz CT molecular complexity index is 798. The van der Waals surface area contributed by atoms with Gasteiger partial charge in [0.05, 0.1) is 26.2 Å². The third-order valence-corrected chi connectivity index (χ3v) is 5.74. The summed E-state index contributed by atoms with van der Waals surface area (Å²) in [5, 5.41) is 4.23. The van der Waals surface area contributed by atoms with Crippen LogP contribution in [0.3, 0.4) is 0 Å². The van der Waals surface area contributed by atoms with Gasteiger partial charge in [-0.15, -0.1) is 0 Å². The zero-order valence-electron chi connectivity index (χ0n) is 16.7. The fraction of sp³-hybridized carbons (Fsp3) is 0.579. The molecule has 0 atom stereocenters. The third kappa shape index (κ3) is 6.40. The minimum absolute atomic E-state index is 0.263. The summed E-state index contributed by atoms with van der Waals surface area (Å²) >= 11 is 0. The summed E-state index contributed by atoms with van der Waals surface area (Å²) in [6.07, 6.45) is 8.49. The number of amides is 1. The molecular formula is C19H29N3O5S. The molecule has 0 bridgehead atoms. The van der Waals surface area contributed by atoms with Crippen molar-refractivity contribution in [3.8, 4) is 11.5 Å². The van der Waals surface area contributed by atoms with Crippen LogP contribution in [0.15, 0.2) is 23.3 Å². The Balaban J connectivity index is 2.15. The van der Waals surface area contributed by atoms with E-state index < -0.39 is 22.5 Å². The minimum atomic E-state index is -3.72. The Hall–Kier alpha value is -2.29. The van der Waals surface area contributed by atoms with Gasteiger partial charge in [-0.2, -0.15) is 5.10 Å². The Morgan fingerprint density at radius 3 is 2.32 bits per heavy atom. The molecule has 9 heteroatoms. The average molecular weight is 412 g/mol. The van der Waals surface area contributed by atoms with Crippen LogP contribution in [0.2, 0.25) is 0 Å². The third-order valence-electron chi connectivity index (χ3n) is 4.61. The van der Waals surface area contributed by atoms with Crippen molar-refractivity contribution in [2.45, 2.75) is 44.9 Å². The predicted molar refractivity (Wildman–Crippen MR) is 110 cm³/mol. The second kappa shape index (κ2) is 10.3. The van der Waals surface area contributed by atoms with Gasteiger partial charge in [0.15, 0.2) is 0 Å². The fourth-order valence-corrected chi connectivity index (χ4v) is 3.96. The fourth-order valence-electron chi connectivity index (χ4n) is 3.10. The number of rotatable bonds is 7. The van der Waals surface area contributed by atoms with E-state index in [9.17, 15) is 13.2 Å². The van der Waals surface area contributed by atoms with E-state index in [2.05, 4.69) is 10.5 Å². The second-order valence-electron chi connectivity index (χ2n) is 6.79. The molecule has 0 radical (unpaired) electrons. The van der Waals surface area contributed by atoms with Crippen LogP contribution in [0.25, 0.3) is 0 Å². The summed E-state index contributed by atoms with van der Waals surface area (Å²) in [4.78, 5) is 12.4. The summed E-state index contributed by atoms with van der Waals surface area (Å²) in [7, 11) is -0.781. The van der Waals surface area contributed by atoms with Gasteiger partial charge in [0.1, 0.15) is 18.0 Å². The number of nitrogens with zero attached hydrogens (tertiary/aromatic N) is 2. The monoisotopic (exact) mass is 411 g/mol. The maximum atomic E-state index is 12.4. The molecular weight excluding hydrogens is 382 g/mol. The molecule has 8 nitrogen and oxygen atoms in total. The molecule has 1 amide bonds. The molecule has 1 aliphatic rings. The van der Waals surface area contributed by atoms with E-state index in [0.717, 1.165) is 42.0 Å². The lowest BCUT2D eigenvalue weighted by Gasteiger charge is -2.23. The number of carbonyl (C=O) groups excluding carboxylic acids is 1. The summed E-state index contributed by atoms with van der Waals surface area (Å²) in [5.74, 6) is 0.316. The first-order chi connectivity index (χ1) is 13.3. The van der Waals surface area contributed by atoms with Gasteiger partial charge in [0.25, 0.3) is 5.91 Å². The van der Waals surface area contributed by atoms with Crippen LogP contribution in [-0.4, -0.2) is 47.1 Å². The molecule has 1 aromatic carbocycles. The molecule has 1 fully saturated rings. The molecule has 156 valence electrons. The number of nitrogens with one attached hydrogen (secondary N) is 1. The lowest BCUT2D eigenvalue weighted by molar-refractivity contribution is -0.119. The van der Waals surface area contributed by atoms with Gasteiger partial charge in [0, 0.05) is 11.8 Å². The smallest absolute Gasteiger partial charge is 0.260 e. The van der Waals surface area contributed by atoms with Gasteiger partial charge in [-0.05, 0) is 37.8 Å². The maximum absolute atomic E-state index is 12.4. The highest BCUT2D eigenvalue weighted by molar-refractivity contribution is 7.92. The van der Waals surface area contributed by atoms with E-state index in [-0.39, 0.29) is 5.69 Å². The number of hydrogen-bond donors (Lipinski definition) is 1. The molecule has 0 saturated heterocycles. The van der Waals surface area contributed by atoms with Gasteiger partial charge in [-0.25, -0.2) is 13.8 Å². The molecule has 0 unspecified atom stereocenters. The van der Waals surface area contributed by atoms with Crippen LogP contribution < -0.4 is 19.2 Å². The van der Waals surface area contributed by atoms with Crippen LogP contribution in [0.5, 0.6) is 11.5 Å². The van der Waals surface area contributed by atoms with Crippen molar-refractivity contribution in [3.05, 3.63) is 18.2 Å². The van der Waals surface area contributed by atoms with E-state index >= 15 is 0 Å². The van der Waals surface area contributed by atoms with Gasteiger partial charge >= 0.3 is 0 Å². The van der Waals surface area contributed by atoms with Crippen LogP contribution >= 0.6 is 0 Å². The van der Waals surface area contributed by atoms with Crippen molar-refractivity contribution >= 4 is 27.3 Å². The van der Waals surface area contributed by atoms with Crippen molar-refractivity contribution in [1.82, 2.24) is 5.43 Å². The number of hydrazone groups is 1. The van der Waals surface area contributed by atoms with Crippen molar-refractivity contribution < 1.29 is 22.7 Å². The minimum Gasteiger partial charge on any atom is -0.497 e. The summed E-state index contributed by atoms with van der Waals surface area (Å²) in [6, 6.07) is 4.73. The average Bonchev–Trinajstić information content (AvgIpc) is 2.64. The van der Waals surface area contributed by atoms with Crippen LogP contribution in [0.1, 0.15) is 44.9 Å². The maximum Gasteiger partial charge on any atom is 0.260 e. The number of ether oxygens (including phenoxy) is 2. The Morgan fingerprint density at radius 2 is 1.75 bits per heavy atom. The van der Waals surface area contributed by atoms with Crippen LogP contribution in [-0.2, 0) is 14.8 Å². The lowest BCUT2D eigenvalue weighted by Crippen LogP contribution is -2.39. The molecule has 0 aliphatic heterocycles. The molecule has 0 heterocycles. The normalized spacial score (nSPS) is 15.2. The highest BCUT2D eigenvalue weighted by Gasteiger charge is 2.24. The molecule has 2 rings (SSSR count). The SMILES string of the molecule is COc1ccc(N(CC(=O)NN=C2CCCCCCC2)S(C)(=O)=O)c(OC)c1. The van der Waals surface area contributed by atoms with Crippen LogP contribution in [0, 0.1) is 0 Å². The number of carbonyl (C=O) groups is 1. The Kier molecular flexibility index (Phi) is 8.10. The molecule has 1 aliphatic carbocycles. The number of sulfonamides is 1. The van der Waals surface area contributed by atoms with E-state index in [1.165, 1.54) is 33.5 Å². The first-order valence-electron chi connectivity index (χ1n) is 9.39. The van der Waals surface area contributed by atoms with E-state index in [4.69, 9.17) is 9.47 Å². The lowest BCUT2D eigenvalue weighted by atomic mass is 9.99. The van der Waals surface area contributed by atoms with Gasteiger partial charge in [-0.1, -0.05) is 19.3 Å². The second-order valence-corrected chi connectivity index (χ2v) is 8.70. The van der Waals surface area contributed by atoms with Crippen LogP contribution in [0.4, 0.5) is 5.69 Å². The van der Waals surface area contributed by atoms with Gasteiger partial charge in [0.2, 0.25) is 10.0 Å². The van der Waals surface area contributed by atoms with Crippen molar-refractivity contribution in [1.29, 1.82) is 0 Å². The molecule has 0 aromatic heterocycles. The Morgan fingerprint density at radius 1 is 1.11 bits per heavy atom. The quantitative estimate of drug-likeness (QED) is 0.696. The largest absolute Gasteiger partial charge is 0.497 e. The first-order valence-corrected chi connectivity index (χ1v) is 11.2. The standard InChI is InChI=1S/C19H29N3O5S/c1-26-16-11-12-17(18(13-16)27-2)22(28(3,24)25)14-19(23)21-20-15-9-7-5-4-6-8-10-15/h11-13H,4-10,14H2,1-3H3,(H,21,23). The van der Waals surface area contributed by atoms with Crippen molar-refractivity contribution in [2.75, 3.05) is 31.3 Å². The van der Waals surface area contributed by atoms with Crippen molar-refractivity contribution in [2.24, 2.45) is 5.10 Å². The molecule has 1 aromatic rings. The summed E-state index contributed by atoms with van der Waals surface area (Å²) in [6.45, 7) is -0.391. The highest BCUT2D eigenvalue weighted by atomic mass is 32.2. The highest BCUT2D eigenvalue weighted by Crippen LogP contribution is 2.33.